The van der Waals surface area contributed by atoms with Crippen molar-refractivity contribution in [3.8, 4) is 17.0 Å². The van der Waals surface area contributed by atoms with Crippen LogP contribution in [-0.4, -0.2) is 20.0 Å². The largest absolute Gasteiger partial charge is 0.506 e. The van der Waals surface area contributed by atoms with E-state index in [0.29, 0.717) is 5.39 Å². The molecule has 3 heterocycles. The summed E-state index contributed by atoms with van der Waals surface area (Å²) in [6, 6.07) is 8.55. The van der Waals surface area contributed by atoms with Gasteiger partial charge in [0.05, 0.1) is 10.9 Å². The fraction of sp³-hybridized carbons (Fsp3) is 0.238. The summed E-state index contributed by atoms with van der Waals surface area (Å²) < 4.78 is 46.3. The molecule has 3 aromatic heterocycles. The number of hydrogen-bond acceptors (Lipinski definition) is 5. The molecule has 0 spiro atoms. The highest BCUT2D eigenvalue weighted by Crippen LogP contribution is 2.38. The van der Waals surface area contributed by atoms with Crippen molar-refractivity contribution < 1.29 is 22.7 Å². The van der Waals surface area contributed by atoms with Crippen LogP contribution in [0.25, 0.3) is 27.9 Å². The van der Waals surface area contributed by atoms with Crippen molar-refractivity contribution in [1.29, 1.82) is 0 Å². The van der Waals surface area contributed by atoms with Gasteiger partial charge < -0.3 is 14.8 Å². The highest BCUT2D eigenvalue weighted by Gasteiger charge is 2.32. The van der Waals surface area contributed by atoms with Crippen LogP contribution < -0.4 is 10.9 Å². The predicted molar refractivity (Wildman–Crippen MR) is 107 cm³/mol. The van der Waals surface area contributed by atoms with Gasteiger partial charge in [0.1, 0.15) is 34.1 Å². The number of aromatic hydroxyl groups is 1. The molecule has 2 N–H and O–H groups in total. The van der Waals surface area contributed by atoms with Crippen LogP contribution in [0.2, 0.25) is 0 Å². The Kier molecular flexibility index (Phi) is 4.30. The molecule has 30 heavy (non-hydrogen) atoms. The zero-order chi connectivity index (χ0) is 21.8. The van der Waals surface area contributed by atoms with E-state index in [4.69, 9.17) is 4.42 Å². The molecule has 0 aliphatic carbocycles. The van der Waals surface area contributed by atoms with Gasteiger partial charge in [0.2, 0.25) is 0 Å². The summed E-state index contributed by atoms with van der Waals surface area (Å²) in [5.74, 6) is -0.209. The molecule has 4 aromatic rings. The molecule has 4 rings (SSSR count). The van der Waals surface area contributed by atoms with Gasteiger partial charge in [-0.2, -0.15) is 13.2 Å². The van der Waals surface area contributed by atoms with Gasteiger partial charge in [0.15, 0.2) is 0 Å². The van der Waals surface area contributed by atoms with Gasteiger partial charge in [-0.25, -0.2) is 9.78 Å². The molecule has 0 aliphatic rings. The summed E-state index contributed by atoms with van der Waals surface area (Å²) in [7, 11) is 0. The number of halogens is 3. The van der Waals surface area contributed by atoms with E-state index in [1.54, 1.807) is 18.2 Å². The third kappa shape index (κ3) is 3.36. The van der Waals surface area contributed by atoms with E-state index in [1.807, 2.05) is 20.8 Å². The minimum Gasteiger partial charge on any atom is -0.506 e. The van der Waals surface area contributed by atoms with Crippen molar-refractivity contribution in [2.75, 3.05) is 5.32 Å². The molecule has 0 unspecified atom stereocenters. The van der Waals surface area contributed by atoms with Crippen LogP contribution in [0.1, 0.15) is 26.3 Å². The average molecular weight is 417 g/mol. The number of alkyl halides is 3. The molecule has 0 aliphatic heterocycles. The number of fused-ring (bicyclic) bond motifs is 2. The maximum Gasteiger partial charge on any atom is 0.417 e. The topological polar surface area (TPSA) is 79.8 Å². The second kappa shape index (κ2) is 6.51. The quantitative estimate of drug-likeness (QED) is 0.447. The Bertz CT molecular complexity index is 1330. The maximum atomic E-state index is 13.3. The third-order valence-electron chi connectivity index (χ3n) is 4.46. The minimum absolute atomic E-state index is 0.00116. The first-order valence-corrected chi connectivity index (χ1v) is 9.08. The van der Waals surface area contributed by atoms with E-state index in [-0.39, 0.29) is 34.1 Å². The molecule has 156 valence electrons. The summed E-state index contributed by atoms with van der Waals surface area (Å²) >= 11 is 0. The van der Waals surface area contributed by atoms with Crippen molar-refractivity contribution in [3.63, 3.8) is 0 Å². The summed E-state index contributed by atoms with van der Waals surface area (Å²) in [4.78, 5) is 17.0. The average Bonchev–Trinajstić information content (AvgIpc) is 2.97. The summed E-state index contributed by atoms with van der Waals surface area (Å²) in [5.41, 5.74) is -2.15. The first kappa shape index (κ1) is 19.8. The Hall–Kier alpha value is -3.49. The fourth-order valence-electron chi connectivity index (χ4n) is 3.20. The van der Waals surface area contributed by atoms with Crippen LogP contribution in [0.4, 0.5) is 19.0 Å². The highest BCUT2D eigenvalue weighted by molar-refractivity contribution is 5.92. The molecule has 0 bridgehead atoms. The van der Waals surface area contributed by atoms with E-state index in [9.17, 15) is 23.1 Å². The molecule has 0 atom stereocenters. The number of nitrogens with one attached hydrogen (secondary N) is 1. The minimum atomic E-state index is -4.55. The highest BCUT2D eigenvalue weighted by atomic mass is 19.4. The number of nitrogens with zero attached hydrogens (tertiary/aromatic N) is 2. The molecule has 0 saturated heterocycles. The maximum absolute atomic E-state index is 13.3. The van der Waals surface area contributed by atoms with Crippen molar-refractivity contribution in [2.24, 2.45) is 0 Å². The predicted octanol–water partition coefficient (Wildman–Crippen LogP) is 5.04. The SMILES string of the molecule is CC(C)(C)Nc1c(-c2c(O)c3ccccc3oc2=O)nc2ccc(C(F)(F)F)cn12. The first-order valence-electron chi connectivity index (χ1n) is 9.08. The van der Waals surface area contributed by atoms with Crippen LogP contribution in [0.5, 0.6) is 5.75 Å². The molecule has 6 nitrogen and oxygen atoms in total. The summed E-state index contributed by atoms with van der Waals surface area (Å²) in [6.45, 7) is 5.44. The molecule has 0 amide bonds. The monoisotopic (exact) mass is 417 g/mol. The van der Waals surface area contributed by atoms with Gasteiger partial charge in [-0.15, -0.1) is 0 Å². The molecular formula is C21H18F3N3O3. The van der Waals surface area contributed by atoms with Gasteiger partial charge in [-0.3, -0.25) is 4.40 Å². The third-order valence-corrected chi connectivity index (χ3v) is 4.46. The Morgan fingerprint density at radius 1 is 1.10 bits per heavy atom. The van der Waals surface area contributed by atoms with E-state index in [0.717, 1.165) is 12.3 Å². The van der Waals surface area contributed by atoms with E-state index < -0.39 is 22.9 Å². The molecule has 0 fully saturated rings. The molecule has 1 aromatic carbocycles. The lowest BCUT2D eigenvalue weighted by atomic mass is 10.1. The number of aromatic nitrogens is 2. The zero-order valence-electron chi connectivity index (χ0n) is 16.3. The second-order valence-corrected chi connectivity index (χ2v) is 7.94. The number of hydrogen-bond donors (Lipinski definition) is 2. The van der Waals surface area contributed by atoms with Crippen molar-refractivity contribution in [1.82, 2.24) is 9.38 Å². The molecule has 0 radical (unpaired) electrons. The van der Waals surface area contributed by atoms with E-state index >= 15 is 0 Å². The van der Waals surface area contributed by atoms with Crippen molar-refractivity contribution in [2.45, 2.75) is 32.5 Å². The first-order chi connectivity index (χ1) is 14.0. The Morgan fingerprint density at radius 2 is 1.80 bits per heavy atom. The second-order valence-electron chi connectivity index (χ2n) is 7.94. The lowest BCUT2D eigenvalue weighted by Gasteiger charge is -2.23. The number of anilines is 1. The Labute approximate surface area is 168 Å². The zero-order valence-corrected chi connectivity index (χ0v) is 16.3. The molecule has 9 heteroatoms. The Morgan fingerprint density at radius 3 is 2.47 bits per heavy atom. The summed E-state index contributed by atoms with van der Waals surface area (Å²) in [5, 5.41) is 14.2. The smallest absolute Gasteiger partial charge is 0.417 e. The number of benzene rings is 1. The molecule has 0 saturated carbocycles. The molecular weight excluding hydrogens is 399 g/mol. The number of rotatable bonds is 2. The van der Waals surface area contributed by atoms with Gasteiger partial charge in [0, 0.05) is 11.7 Å². The Balaban J connectivity index is 2.07. The normalized spacial score (nSPS) is 12.6. The van der Waals surface area contributed by atoms with E-state index in [2.05, 4.69) is 10.3 Å². The van der Waals surface area contributed by atoms with Crippen LogP contribution in [0.15, 0.2) is 51.8 Å². The fourth-order valence-corrected chi connectivity index (χ4v) is 3.20. The van der Waals surface area contributed by atoms with Crippen LogP contribution in [-0.2, 0) is 6.18 Å². The van der Waals surface area contributed by atoms with E-state index in [1.165, 1.54) is 16.5 Å². The lowest BCUT2D eigenvalue weighted by Crippen LogP contribution is -2.27. The lowest BCUT2D eigenvalue weighted by molar-refractivity contribution is -0.137. The van der Waals surface area contributed by atoms with Crippen molar-refractivity contribution in [3.05, 3.63) is 58.6 Å². The number of imidazole rings is 1. The standard InChI is InChI=1S/C21H18F3N3O3/c1-20(2,3)26-18-16(25-14-9-8-11(10-27(14)18)21(22,23)24)15-17(28)12-6-4-5-7-13(12)30-19(15)29/h4-10,26,28H,1-3H3. The van der Waals surface area contributed by atoms with Crippen LogP contribution in [0, 0.1) is 0 Å². The van der Waals surface area contributed by atoms with Crippen LogP contribution >= 0.6 is 0 Å². The van der Waals surface area contributed by atoms with Crippen molar-refractivity contribution >= 4 is 22.4 Å². The van der Waals surface area contributed by atoms with Gasteiger partial charge in [-0.05, 0) is 45.0 Å². The van der Waals surface area contributed by atoms with Gasteiger partial charge in [-0.1, -0.05) is 12.1 Å². The summed E-state index contributed by atoms with van der Waals surface area (Å²) in [6.07, 6.45) is -3.65. The number of para-hydroxylation sites is 1. The van der Waals surface area contributed by atoms with Gasteiger partial charge in [0.25, 0.3) is 0 Å². The number of pyridine rings is 1. The van der Waals surface area contributed by atoms with Crippen LogP contribution in [0.3, 0.4) is 0 Å². The van der Waals surface area contributed by atoms with Gasteiger partial charge >= 0.3 is 11.8 Å².